The normalized spacial score (nSPS) is 15.2. The first kappa shape index (κ1) is 14.9. The Morgan fingerprint density at radius 1 is 1.29 bits per heavy atom. The van der Waals surface area contributed by atoms with Crippen molar-refractivity contribution in [3.8, 4) is 0 Å². The van der Waals surface area contributed by atoms with E-state index in [0.29, 0.717) is 18.9 Å². The van der Waals surface area contributed by atoms with Gasteiger partial charge in [-0.25, -0.2) is 4.79 Å². The second-order valence-corrected chi connectivity index (χ2v) is 6.41. The highest BCUT2D eigenvalue weighted by molar-refractivity contribution is 7.11. The zero-order valence-corrected chi connectivity index (χ0v) is 13.7. The summed E-state index contributed by atoms with van der Waals surface area (Å²) in [5.41, 5.74) is 2.18. The number of hydrogen-bond donors (Lipinski definition) is 2. The van der Waals surface area contributed by atoms with Crippen molar-refractivity contribution in [2.45, 2.75) is 6.42 Å². The summed E-state index contributed by atoms with van der Waals surface area (Å²) in [6, 6.07) is 11.8. The molecular weight excluding hydrogens is 324 g/mol. The molecule has 1 aliphatic heterocycles. The lowest BCUT2D eigenvalue weighted by molar-refractivity contribution is -0.0851. The van der Waals surface area contributed by atoms with Crippen LogP contribution in [-0.4, -0.2) is 34.4 Å². The van der Waals surface area contributed by atoms with Crippen molar-refractivity contribution in [1.29, 1.82) is 0 Å². The van der Waals surface area contributed by atoms with E-state index in [9.17, 15) is 4.79 Å². The molecule has 1 aromatic carbocycles. The number of nitrogens with one attached hydrogen (secondary N) is 2. The van der Waals surface area contributed by atoms with Crippen LogP contribution in [0.4, 0.5) is 10.6 Å². The molecule has 0 aliphatic carbocycles. The Morgan fingerprint density at radius 3 is 3.00 bits per heavy atom. The number of benzene rings is 1. The molecule has 3 aromatic rings. The van der Waals surface area contributed by atoms with Crippen LogP contribution >= 0.6 is 11.3 Å². The summed E-state index contributed by atoms with van der Waals surface area (Å²) >= 11 is 1.73. The molecule has 7 heteroatoms. The lowest BCUT2D eigenvalue weighted by Gasteiger charge is -2.24. The summed E-state index contributed by atoms with van der Waals surface area (Å²) < 4.78 is 0. The minimum absolute atomic E-state index is 0.474. The minimum atomic E-state index is -0.528. The summed E-state index contributed by atoms with van der Waals surface area (Å²) in [4.78, 5) is 18.7. The number of H-pyrrole nitrogens is 1. The Kier molecular flexibility index (Phi) is 4.02. The molecule has 0 atom stereocenters. The van der Waals surface area contributed by atoms with Gasteiger partial charge < -0.3 is 4.84 Å². The van der Waals surface area contributed by atoms with E-state index in [-0.39, 0.29) is 0 Å². The zero-order valence-electron chi connectivity index (χ0n) is 12.9. The molecule has 0 fully saturated rings. The van der Waals surface area contributed by atoms with E-state index in [1.54, 1.807) is 16.4 Å². The third-order valence-corrected chi connectivity index (χ3v) is 4.86. The fraction of sp³-hybridized carbons (Fsp3) is 0.176. The molecule has 0 radical (unpaired) electrons. The number of amides is 1. The number of thiophene rings is 1. The number of fused-ring (bicyclic) bond motifs is 1. The van der Waals surface area contributed by atoms with Crippen molar-refractivity contribution in [2.24, 2.45) is 0 Å². The number of aromatic amines is 1. The molecule has 0 saturated heterocycles. The van der Waals surface area contributed by atoms with Crippen LogP contribution in [-0.2, 0) is 4.84 Å². The maximum atomic E-state index is 12.1. The zero-order chi connectivity index (χ0) is 16.4. The first-order valence-electron chi connectivity index (χ1n) is 7.69. The van der Waals surface area contributed by atoms with E-state index in [0.717, 1.165) is 17.3 Å². The Labute approximate surface area is 142 Å². The smallest absolute Gasteiger partial charge is 0.350 e. The predicted octanol–water partition coefficient (Wildman–Crippen LogP) is 3.88. The SMILES string of the molecule is O=C(Nc1n[nH]c2ccccc12)ON1CC=C(c2cccs2)CC1. The van der Waals surface area contributed by atoms with Gasteiger partial charge in [0.25, 0.3) is 0 Å². The molecule has 122 valence electrons. The number of carbonyl (C=O) groups excluding carboxylic acids is 1. The van der Waals surface area contributed by atoms with E-state index >= 15 is 0 Å². The molecule has 3 heterocycles. The van der Waals surface area contributed by atoms with E-state index in [4.69, 9.17) is 4.84 Å². The van der Waals surface area contributed by atoms with Crippen molar-refractivity contribution in [3.63, 3.8) is 0 Å². The average molecular weight is 340 g/mol. The van der Waals surface area contributed by atoms with Crippen LogP contribution in [0.3, 0.4) is 0 Å². The Bertz CT molecular complexity index is 885. The highest BCUT2D eigenvalue weighted by Gasteiger charge is 2.18. The van der Waals surface area contributed by atoms with E-state index in [1.807, 2.05) is 30.3 Å². The number of nitrogens with zero attached hydrogens (tertiary/aromatic N) is 2. The molecule has 2 aromatic heterocycles. The van der Waals surface area contributed by atoms with Crippen LogP contribution in [0.5, 0.6) is 0 Å². The number of carbonyl (C=O) groups is 1. The maximum Gasteiger partial charge on any atom is 0.432 e. The summed E-state index contributed by atoms with van der Waals surface area (Å²) in [6.45, 7) is 1.26. The summed E-state index contributed by atoms with van der Waals surface area (Å²) in [6.07, 6.45) is 2.44. The average Bonchev–Trinajstić information content (AvgIpc) is 3.26. The van der Waals surface area contributed by atoms with Crippen LogP contribution in [0, 0.1) is 0 Å². The molecule has 0 bridgehead atoms. The van der Waals surface area contributed by atoms with E-state index < -0.39 is 6.09 Å². The van der Waals surface area contributed by atoms with Crippen LogP contribution < -0.4 is 5.32 Å². The molecule has 1 amide bonds. The third-order valence-electron chi connectivity index (χ3n) is 3.91. The number of para-hydroxylation sites is 1. The summed E-state index contributed by atoms with van der Waals surface area (Å²) in [7, 11) is 0. The number of hydrogen-bond acceptors (Lipinski definition) is 5. The van der Waals surface area contributed by atoms with E-state index in [2.05, 4.69) is 33.0 Å². The van der Waals surface area contributed by atoms with Crippen LogP contribution in [0.25, 0.3) is 16.5 Å². The Morgan fingerprint density at radius 2 is 2.21 bits per heavy atom. The van der Waals surface area contributed by atoms with Gasteiger partial charge >= 0.3 is 6.09 Å². The number of anilines is 1. The van der Waals surface area contributed by atoms with Crippen molar-refractivity contribution >= 4 is 39.7 Å². The molecule has 1 aliphatic rings. The minimum Gasteiger partial charge on any atom is -0.350 e. The highest BCUT2D eigenvalue weighted by Crippen LogP contribution is 2.26. The second-order valence-electron chi connectivity index (χ2n) is 5.47. The van der Waals surface area contributed by atoms with Gasteiger partial charge in [0.15, 0.2) is 5.82 Å². The first-order chi connectivity index (χ1) is 11.8. The highest BCUT2D eigenvalue weighted by atomic mass is 32.1. The van der Waals surface area contributed by atoms with Crippen molar-refractivity contribution in [1.82, 2.24) is 15.3 Å². The fourth-order valence-electron chi connectivity index (χ4n) is 2.71. The van der Waals surface area contributed by atoms with Gasteiger partial charge in [-0.05, 0) is 35.6 Å². The van der Waals surface area contributed by atoms with Crippen molar-refractivity contribution in [3.05, 3.63) is 52.7 Å². The lowest BCUT2D eigenvalue weighted by Crippen LogP contribution is -2.33. The summed E-state index contributed by atoms with van der Waals surface area (Å²) in [5, 5.41) is 14.3. The third kappa shape index (κ3) is 3.04. The van der Waals surface area contributed by atoms with Gasteiger partial charge in [-0.3, -0.25) is 10.4 Å². The van der Waals surface area contributed by atoms with Gasteiger partial charge in [0, 0.05) is 16.8 Å². The van der Waals surface area contributed by atoms with Gasteiger partial charge in [0.1, 0.15) is 0 Å². The largest absolute Gasteiger partial charge is 0.432 e. The Hall–Kier alpha value is -2.64. The summed E-state index contributed by atoms with van der Waals surface area (Å²) in [5.74, 6) is 0.474. The predicted molar refractivity (Wildman–Crippen MR) is 94.7 cm³/mol. The molecule has 4 rings (SSSR count). The molecule has 2 N–H and O–H groups in total. The molecule has 24 heavy (non-hydrogen) atoms. The van der Waals surface area contributed by atoms with E-state index in [1.165, 1.54) is 10.5 Å². The van der Waals surface area contributed by atoms with Crippen molar-refractivity contribution in [2.75, 3.05) is 18.4 Å². The number of hydroxylamine groups is 2. The number of rotatable bonds is 3. The van der Waals surface area contributed by atoms with Gasteiger partial charge in [0.05, 0.1) is 12.1 Å². The fourth-order valence-corrected chi connectivity index (χ4v) is 3.51. The Balaban J connectivity index is 1.37. The van der Waals surface area contributed by atoms with Gasteiger partial charge in [-0.15, -0.1) is 16.4 Å². The van der Waals surface area contributed by atoms with Gasteiger partial charge in [-0.2, -0.15) is 5.10 Å². The molecule has 0 spiro atoms. The monoisotopic (exact) mass is 340 g/mol. The molecule has 0 saturated carbocycles. The molecule has 0 unspecified atom stereocenters. The van der Waals surface area contributed by atoms with Crippen molar-refractivity contribution < 1.29 is 9.63 Å². The molecule has 6 nitrogen and oxygen atoms in total. The first-order valence-corrected chi connectivity index (χ1v) is 8.57. The van der Waals surface area contributed by atoms with Gasteiger partial charge in [-0.1, -0.05) is 24.3 Å². The maximum absolute atomic E-state index is 12.1. The quantitative estimate of drug-likeness (QED) is 0.759. The standard InChI is InChI=1S/C17H16N4O2S/c22-17(18-16-13-4-1-2-5-14(13)19-20-16)23-21-9-7-12(8-10-21)15-6-3-11-24-15/h1-7,11H,8-10H2,(H2,18,19,20,22). The lowest BCUT2D eigenvalue weighted by atomic mass is 10.1. The van der Waals surface area contributed by atoms with Crippen LogP contribution in [0.2, 0.25) is 0 Å². The second kappa shape index (κ2) is 6.46. The molecular formula is C17H16N4O2S. The van der Waals surface area contributed by atoms with Gasteiger partial charge in [0.2, 0.25) is 0 Å². The topological polar surface area (TPSA) is 70.2 Å². The van der Waals surface area contributed by atoms with Crippen LogP contribution in [0.15, 0.2) is 47.9 Å². The van der Waals surface area contributed by atoms with Crippen LogP contribution in [0.1, 0.15) is 11.3 Å². The number of aromatic nitrogens is 2.